The van der Waals surface area contributed by atoms with Crippen LogP contribution in [0.1, 0.15) is 71.1 Å². The minimum Gasteiger partial charge on any atom is -0.477 e. The molecule has 3 aromatic rings. The highest BCUT2D eigenvalue weighted by Gasteiger charge is 2.28. The summed E-state index contributed by atoms with van der Waals surface area (Å²) in [6.45, 7) is 15.7. The molecule has 0 bridgehead atoms. The van der Waals surface area contributed by atoms with Crippen molar-refractivity contribution >= 4 is 29.1 Å². The van der Waals surface area contributed by atoms with E-state index in [1.165, 1.54) is 44.0 Å². The van der Waals surface area contributed by atoms with Gasteiger partial charge in [-0.1, -0.05) is 65.0 Å². The Hall–Kier alpha value is -2.04. The highest BCUT2D eigenvalue weighted by molar-refractivity contribution is 7.99. The first-order valence-electron chi connectivity index (χ1n) is 10.7. The number of carbonyl (C=O) groups is 1. The van der Waals surface area contributed by atoms with Crippen LogP contribution >= 0.6 is 23.1 Å². The maximum atomic E-state index is 11.4. The summed E-state index contributed by atoms with van der Waals surface area (Å²) in [7, 11) is 0. The molecule has 0 aliphatic heterocycles. The van der Waals surface area contributed by atoms with Gasteiger partial charge < -0.3 is 5.11 Å². The van der Waals surface area contributed by atoms with E-state index in [0.717, 1.165) is 4.88 Å². The van der Waals surface area contributed by atoms with Gasteiger partial charge in [-0.15, -0.1) is 23.1 Å². The molecular formula is C27H32O2S2. The van der Waals surface area contributed by atoms with E-state index in [0.29, 0.717) is 10.8 Å². The van der Waals surface area contributed by atoms with E-state index in [4.69, 9.17) is 0 Å². The lowest BCUT2D eigenvalue weighted by Crippen LogP contribution is -2.16. The first-order chi connectivity index (χ1) is 14.5. The summed E-state index contributed by atoms with van der Waals surface area (Å²) < 4.78 is 0. The molecule has 1 N–H and O–H groups in total. The summed E-state index contributed by atoms with van der Waals surface area (Å²) in [5.74, 6) is -0.467. The van der Waals surface area contributed by atoms with Gasteiger partial charge in [0.05, 0.1) is 0 Å². The van der Waals surface area contributed by atoms with Gasteiger partial charge in [0, 0.05) is 15.0 Å². The van der Waals surface area contributed by atoms with Crippen molar-refractivity contribution in [3.05, 3.63) is 75.0 Å². The smallest absolute Gasteiger partial charge is 0.345 e. The maximum absolute atomic E-state index is 11.4. The maximum Gasteiger partial charge on any atom is 0.345 e. The number of benzene rings is 2. The van der Waals surface area contributed by atoms with E-state index in [2.05, 4.69) is 84.9 Å². The molecule has 4 heteroatoms. The van der Waals surface area contributed by atoms with Crippen LogP contribution in [0.25, 0.3) is 11.1 Å². The van der Waals surface area contributed by atoms with Gasteiger partial charge in [0.2, 0.25) is 0 Å². The fraction of sp³-hybridized carbons (Fsp3) is 0.370. The van der Waals surface area contributed by atoms with Crippen LogP contribution in [0.5, 0.6) is 0 Å². The zero-order valence-electron chi connectivity index (χ0n) is 19.4. The van der Waals surface area contributed by atoms with Crippen LogP contribution in [0, 0.1) is 19.8 Å². The monoisotopic (exact) mass is 452 g/mol. The Morgan fingerprint density at radius 2 is 1.68 bits per heavy atom. The van der Waals surface area contributed by atoms with Gasteiger partial charge in [0.1, 0.15) is 4.88 Å². The van der Waals surface area contributed by atoms with E-state index in [1.54, 1.807) is 6.07 Å². The average Bonchev–Trinajstić information content (AvgIpc) is 3.15. The molecule has 1 unspecified atom stereocenters. The van der Waals surface area contributed by atoms with Crippen molar-refractivity contribution in [2.75, 3.05) is 0 Å². The molecule has 0 saturated carbocycles. The molecule has 2 aromatic carbocycles. The molecule has 0 radical (unpaired) electrons. The number of thiophene rings is 1. The van der Waals surface area contributed by atoms with Crippen molar-refractivity contribution in [2.45, 2.75) is 64.0 Å². The van der Waals surface area contributed by atoms with Gasteiger partial charge >= 0.3 is 5.97 Å². The second kappa shape index (κ2) is 9.22. The normalized spacial score (nSPS) is 12.9. The number of carboxylic acids is 1. The van der Waals surface area contributed by atoms with Crippen LogP contribution in [-0.2, 0) is 5.41 Å². The van der Waals surface area contributed by atoms with Crippen LogP contribution < -0.4 is 0 Å². The summed E-state index contributed by atoms with van der Waals surface area (Å²) in [4.78, 5) is 14.2. The minimum absolute atomic E-state index is 0.00709. The molecule has 3 rings (SSSR count). The molecule has 1 aromatic heterocycles. The lowest BCUT2D eigenvalue weighted by Gasteiger charge is -2.30. The van der Waals surface area contributed by atoms with Crippen LogP contribution in [0.15, 0.2) is 53.4 Å². The Labute approximate surface area is 194 Å². The van der Waals surface area contributed by atoms with Crippen molar-refractivity contribution in [3.8, 4) is 11.1 Å². The first-order valence-corrected chi connectivity index (χ1v) is 12.4. The lowest BCUT2D eigenvalue weighted by molar-refractivity contribution is 0.0702. The van der Waals surface area contributed by atoms with Gasteiger partial charge in [0.25, 0.3) is 0 Å². The van der Waals surface area contributed by atoms with Gasteiger partial charge in [-0.25, -0.2) is 4.79 Å². The number of aromatic carboxylic acids is 1. The fourth-order valence-electron chi connectivity index (χ4n) is 4.30. The van der Waals surface area contributed by atoms with Gasteiger partial charge in [-0.2, -0.15) is 0 Å². The van der Waals surface area contributed by atoms with Crippen LogP contribution in [0.2, 0.25) is 0 Å². The summed E-state index contributed by atoms with van der Waals surface area (Å²) in [5, 5.41) is 9.58. The second-order valence-corrected chi connectivity index (χ2v) is 11.8. The predicted octanol–water partition coefficient (Wildman–Crippen LogP) is 8.52. The molecule has 31 heavy (non-hydrogen) atoms. The SMILES string of the molecule is Cc1cc(SC(c2ccc(C(=O)O)s2)C(C)C)c(C(C)(C)C)c(C)c1-c1ccccc1. The highest BCUT2D eigenvalue weighted by Crippen LogP contribution is 2.49. The number of hydrogen-bond donors (Lipinski definition) is 1. The summed E-state index contributed by atoms with van der Waals surface area (Å²) in [6.07, 6.45) is 0. The molecule has 0 aliphatic rings. The van der Waals surface area contributed by atoms with E-state index in [-0.39, 0.29) is 10.7 Å². The van der Waals surface area contributed by atoms with Crippen LogP contribution in [0.3, 0.4) is 0 Å². The van der Waals surface area contributed by atoms with Gasteiger partial charge in [-0.3, -0.25) is 0 Å². The second-order valence-electron chi connectivity index (χ2n) is 9.47. The number of aryl methyl sites for hydroxylation is 1. The Bertz CT molecular complexity index is 1070. The third kappa shape index (κ3) is 5.07. The topological polar surface area (TPSA) is 37.3 Å². The molecule has 1 heterocycles. The van der Waals surface area contributed by atoms with Crippen molar-refractivity contribution in [1.82, 2.24) is 0 Å². The van der Waals surface area contributed by atoms with Crippen LogP contribution in [0.4, 0.5) is 0 Å². The molecule has 0 saturated heterocycles. The Morgan fingerprint density at radius 3 is 2.19 bits per heavy atom. The lowest BCUT2D eigenvalue weighted by atomic mass is 9.80. The van der Waals surface area contributed by atoms with Crippen molar-refractivity contribution in [1.29, 1.82) is 0 Å². The number of rotatable bonds is 6. The Morgan fingerprint density at radius 1 is 1.03 bits per heavy atom. The predicted molar refractivity (Wildman–Crippen MR) is 135 cm³/mol. The van der Waals surface area contributed by atoms with Crippen molar-refractivity contribution in [3.63, 3.8) is 0 Å². The Balaban J connectivity index is 2.14. The summed E-state index contributed by atoms with van der Waals surface area (Å²) >= 11 is 3.28. The molecular weight excluding hydrogens is 420 g/mol. The molecule has 0 spiro atoms. The molecule has 0 amide bonds. The van der Waals surface area contributed by atoms with Gasteiger partial charge in [-0.05, 0) is 71.2 Å². The molecule has 0 aliphatic carbocycles. The number of hydrogen-bond acceptors (Lipinski definition) is 3. The minimum atomic E-state index is -0.849. The largest absolute Gasteiger partial charge is 0.477 e. The van der Waals surface area contributed by atoms with Crippen LogP contribution in [-0.4, -0.2) is 11.1 Å². The van der Waals surface area contributed by atoms with Crippen molar-refractivity contribution in [2.24, 2.45) is 5.92 Å². The van der Waals surface area contributed by atoms with Gasteiger partial charge in [0.15, 0.2) is 0 Å². The third-order valence-electron chi connectivity index (χ3n) is 5.53. The highest BCUT2D eigenvalue weighted by atomic mass is 32.2. The van der Waals surface area contributed by atoms with E-state index in [9.17, 15) is 9.90 Å². The summed E-state index contributed by atoms with van der Waals surface area (Å²) in [6, 6.07) is 16.7. The molecule has 1 atom stereocenters. The fourth-order valence-corrected chi connectivity index (χ4v) is 7.15. The zero-order chi connectivity index (χ0) is 22.9. The first kappa shape index (κ1) is 23.6. The molecule has 2 nitrogen and oxygen atoms in total. The number of carboxylic acid groups (broad SMARTS) is 1. The molecule has 164 valence electrons. The number of thioether (sulfide) groups is 1. The zero-order valence-corrected chi connectivity index (χ0v) is 21.1. The molecule has 0 fully saturated rings. The Kier molecular flexibility index (Phi) is 7.02. The average molecular weight is 453 g/mol. The van der Waals surface area contributed by atoms with Crippen molar-refractivity contribution < 1.29 is 9.90 Å². The summed E-state index contributed by atoms with van der Waals surface area (Å²) in [5.41, 5.74) is 6.56. The third-order valence-corrected chi connectivity index (χ3v) is 8.46. The van der Waals surface area contributed by atoms with E-state index < -0.39 is 5.97 Å². The van der Waals surface area contributed by atoms with E-state index >= 15 is 0 Å². The standard InChI is InChI=1S/C27H32O2S2/c1-16(2)25(20-13-14-21(30-20)26(28)29)31-22-15-17(3)23(19-11-9-8-10-12-19)18(4)24(22)27(5,6)7/h8-16,25H,1-7H3,(H,28,29). The van der Waals surface area contributed by atoms with E-state index in [1.807, 2.05) is 17.8 Å². The quantitative estimate of drug-likeness (QED) is 0.381.